The van der Waals surface area contributed by atoms with Gasteiger partial charge in [-0.1, -0.05) is 6.07 Å². The van der Waals surface area contributed by atoms with Crippen molar-refractivity contribution in [2.75, 3.05) is 13.1 Å². The summed E-state index contributed by atoms with van der Waals surface area (Å²) in [4.78, 5) is 22.6. The number of rotatable bonds is 4. The number of hydrogen-bond acceptors (Lipinski definition) is 3. The number of amides is 1. The third kappa shape index (κ3) is 4.42. The number of H-pyrrole nitrogens is 1. The normalized spacial score (nSPS) is 15.2. The van der Waals surface area contributed by atoms with E-state index in [1.54, 1.807) is 26.1 Å². The fraction of sp³-hybridized carbons (Fsp3) is 0.346. The van der Waals surface area contributed by atoms with E-state index in [-0.39, 0.29) is 12.3 Å². The van der Waals surface area contributed by atoms with E-state index in [0.717, 1.165) is 41.6 Å². The Kier molecular flexibility index (Phi) is 5.86. The third-order valence-corrected chi connectivity index (χ3v) is 6.96. The minimum Gasteiger partial charge on any atom is -0.346 e. The molecule has 0 atom stereocenters. The summed E-state index contributed by atoms with van der Waals surface area (Å²) in [6.07, 6.45) is 1.28. The number of aromatic nitrogens is 4. The molecular weight excluding hydrogens is 455 g/mol. The molecule has 5 rings (SSSR count). The number of hydrogen-bond donors (Lipinski definition) is 1. The summed E-state index contributed by atoms with van der Waals surface area (Å²) in [5, 5.41) is 5.58. The summed E-state index contributed by atoms with van der Waals surface area (Å²) < 4.78 is 41.0. The highest BCUT2D eigenvalue weighted by Gasteiger charge is 2.31. The lowest BCUT2D eigenvalue weighted by Crippen LogP contribution is -2.38. The third-order valence-electron chi connectivity index (χ3n) is 6.96. The van der Waals surface area contributed by atoms with Crippen LogP contribution in [-0.2, 0) is 17.4 Å². The van der Waals surface area contributed by atoms with E-state index in [2.05, 4.69) is 21.1 Å². The Morgan fingerprint density at radius 1 is 1.14 bits per heavy atom. The molecule has 0 unspecified atom stereocenters. The van der Waals surface area contributed by atoms with Crippen molar-refractivity contribution in [3.05, 3.63) is 76.9 Å². The van der Waals surface area contributed by atoms with Gasteiger partial charge in [0.05, 0.1) is 23.4 Å². The predicted molar refractivity (Wildman–Crippen MR) is 126 cm³/mol. The summed E-state index contributed by atoms with van der Waals surface area (Å²) >= 11 is 0. The van der Waals surface area contributed by atoms with Crippen molar-refractivity contribution < 1.29 is 18.0 Å². The fourth-order valence-corrected chi connectivity index (χ4v) is 5.01. The SMILES string of the molecule is Cc1nn(-c2cccc(C(F)(F)F)c2)c(C)c1CC(=O)N1CCC(c2c[nH]c3ncccc23)CC1. The van der Waals surface area contributed by atoms with Gasteiger partial charge in [0.2, 0.25) is 5.91 Å². The lowest BCUT2D eigenvalue weighted by atomic mass is 9.89. The van der Waals surface area contributed by atoms with Crippen LogP contribution >= 0.6 is 0 Å². The molecule has 1 aliphatic rings. The molecule has 1 aliphatic heterocycles. The Balaban J connectivity index is 1.28. The van der Waals surface area contributed by atoms with E-state index >= 15 is 0 Å². The zero-order valence-corrected chi connectivity index (χ0v) is 19.6. The van der Waals surface area contributed by atoms with Gasteiger partial charge >= 0.3 is 6.18 Å². The van der Waals surface area contributed by atoms with Gasteiger partial charge in [0.1, 0.15) is 5.65 Å². The molecule has 35 heavy (non-hydrogen) atoms. The molecule has 4 aromatic rings. The van der Waals surface area contributed by atoms with E-state index < -0.39 is 11.7 Å². The number of halogens is 3. The molecule has 4 heterocycles. The van der Waals surface area contributed by atoms with E-state index in [0.29, 0.717) is 36.1 Å². The van der Waals surface area contributed by atoms with Crippen molar-refractivity contribution in [2.24, 2.45) is 0 Å². The molecule has 1 amide bonds. The van der Waals surface area contributed by atoms with E-state index in [1.165, 1.54) is 16.3 Å². The molecule has 182 valence electrons. The molecule has 0 saturated carbocycles. The van der Waals surface area contributed by atoms with Crippen LogP contribution in [0, 0.1) is 13.8 Å². The van der Waals surface area contributed by atoms with Crippen molar-refractivity contribution in [3.63, 3.8) is 0 Å². The Morgan fingerprint density at radius 3 is 2.66 bits per heavy atom. The largest absolute Gasteiger partial charge is 0.416 e. The molecule has 0 bridgehead atoms. The number of nitrogens with zero attached hydrogens (tertiary/aromatic N) is 4. The van der Waals surface area contributed by atoms with Crippen LogP contribution in [-0.4, -0.2) is 43.6 Å². The fourth-order valence-electron chi connectivity index (χ4n) is 5.01. The van der Waals surface area contributed by atoms with Gasteiger partial charge in [0, 0.05) is 42.1 Å². The Labute approximate surface area is 200 Å². The van der Waals surface area contributed by atoms with Crippen LogP contribution < -0.4 is 0 Å². The molecule has 9 heteroatoms. The van der Waals surface area contributed by atoms with Crippen molar-refractivity contribution >= 4 is 16.9 Å². The Hall–Kier alpha value is -3.62. The lowest BCUT2D eigenvalue weighted by molar-refractivity contribution is -0.137. The number of aryl methyl sites for hydroxylation is 1. The molecule has 1 saturated heterocycles. The highest BCUT2D eigenvalue weighted by Crippen LogP contribution is 2.33. The number of pyridine rings is 1. The van der Waals surface area contributed by atoms with Crippen LogP contribution in [0.3, 0.4) is 0 Å². The number of aromatic amines is 1. The predicted octanol–water partition coefficient (Wildman–Crippen LogP) is 5.33. The summed E-state index contributed by atoms with van der Waals surface area (Å²) in [6, 6.07) is 9.08. The highest BCUT2D eigenvalue weighted by molar-refractivity contribution is 5.81. The van der Waals surface area contributed by atoms with Crippen molar-refractivity contribution in [1.82, 2.24) is 24.6 Å². The minimum atomic E-state index is -4.43. The number of nitrogens with one attached hydrogen (secondary N) is 1. The van der Waals surface area contributed by atoms with Crippen molar-refractivity contribution in [2.45, 2.75) is 45.2 Å². The van der Waals surface area contributed by atoms with Crippen LogP contribution in [0.4, 0.5) is 13.2 Å². The number of likely N-dealkylation sites (tertiary alicyclic amines) is 1. The minimum absolute atomic E-state index is 0.0128. The van der Waals surface area contributed by atoms with Crippen LogP contribution in [0.15, 0.2) is 48.8 Å². The molecule has 1 aromatic carbocycles. The topological polar surface area (TPSA) is 66.8 Å². The van der Waals surface area contributed by atoms with Gasteiger partial charge in [-0.2, -0.15) is 18.3 Å². The first-order chi connectivity index (χ1) is 16.7. The quantitative estimate of drug-likeness (QED) is 0.428. The average molecular weight is 482 g/mol. The number of carbonyl (C=O) groups excluding carboxylic acids is 1. The molecular formula is C26H26F3N5O. The van der Waals surface area contributed by atoms with E-state index in [9.17, 15) is 18.0 Å². The first kappa shape index (κ1) is 23.1. The smallest absolute Gasteiger partial charge is 0.346 e. The van der Waals surface area contributed by atoms with Gasteiger partial charge in [-0.25, -0.2) is 9.67 Å². The maximum Gasteiger partial charge on any atom is 0.416 e. The van der Waals surface area contributed by atoms with Crippen LogP contribution in [0.2, 0.25) is 0 Å². The standard InChI is InChI=1S/C26H26F3N5O/c1-16-22(17(2)34(32-16)20-6-3-5-19(13-20)26(27,28)29)14-24(35)33-11-8-18(9-12-33)23-15-31-25-21(23)7-4-10-30-25/h3-7,10,13,15,18H,8-9,11-12,14H2,1-2H3,(H,30,31). The zero-order chi connectivity index (χ0) is 24.7. The van der Waals surface area contributed by atoms with Gasteiger partial charge < -0.3 is 9.88 Å². The Bertz CT molecular complexity index is 1380. The number of alkyl halides is 3. The summed E-state index contributed by atoms with van der Waals surface area (Å²) in [5.41, 5.74) is 3.81. The molecule has 3 aromatic heterocycles. The maximum atomic E-state index is 13.2. The van der Waals surface area contributed by atoms with Gasteiger partial charge in [0.25, 0.3) is 0 Å². The second-order valence-electron chi connectivity index (χ2n) is 9.08. The average Bonchev–Trinajstić information content (AvgIpc) is 3.40. The number of piperidine rings is 1. The maximum absolute atomic E-state index is 13.2. The number of fused-ring (bicyclic) bond motifs is 1. The van der Waals surface area contributed by atoms with Gasteiger partial charge in [-0.15, -0.1) is 0 Å². The van der Waals surface area contributed by atoms with Gasteiger partial charge in [-0.3, -0.25) is 4.79 Å². The lowest BCUT2D eigenvalue weighted by Gasteiger charge is -2.32. The van der Waals surface area contributed by atoms with Crippen LogP contribution in [0.1, 0.15) is 46.8 Å². The molecule has 0 spiro atoms. The zero-order valence-electron chi connectivity index (χ0n) is 19.6. The van der Waals surface area contributed by atoms with Gasteiger partial charge in [0.15, 0.2) is 0 Å². The summed E-state index contributed by atoms with van der Waals surface area (Å²) in [5.74, 6) is 0.378. The monoisotopic (exact) mass is 481 g/mol. The number of carbonyl (C=O) groups is 1. The van der Waals surface area contributed by atoms with Gasteiger partial charge in [-0.05, 0) is 68.5 Å². The second-order valence-corrected chi connectivity index (χ2v) is 9.08. The summed E-state index contributed by atoms with van der Waals surface area (Å²) in [6.45, 7) is 4.91. The van der Waals surface area contributed by atoms with Crippen molar-refractivity contribution in [1.29, 1.82) is 0 Å². The molecule has 1 fully saturated rings. The van der Waals surface area contributed by atoms with Crippen LogP contribution in [0.25, 0.3) is 16.7 Å². The summed E-state index contributed by atoms with van der Waals surface area (Å²) in [7, 11) is 0. The molecule has 0 aliphatic carbocycles. The highest BCUT2D eigenvalue weighted by atomic mass is 19.4. The van der Waals surface area contributed by atoms with E-state index in [1.807, 2.05) is 17.2 Å². The molecule has 0 radical (unpaired) electrons. The van der Waals surface area contributed by atoms with Crippen molar-refractivity contribution in [3.8, 4) is 5.69 Å². The number of benzene rings is 1. The second kappa shape index (κ2) is 8.87. The Morgan fingerprint density at radius 2 is 1.91 bits per heavy atom. The first-order valence-electron chi connectivity index (χ1n) is 11.6. The first-order valence-corrected chi connectivity index (χ1v) is 11.6. The van der Waals surface area contributed by atoms with Crippen LogP contribution in [0.5, 0.6) is 0 Å². The van der Waals surface area contributed by atoms with E-state index in [4.69, 9.17) is 0 Å². The molecule has 6 nitrogen and oxygen atoms in total. The molecule has 1 N–H and O–H groups in total.